The number of aryl methyl sites for hydroxylation is 1. The summed E-state index contributed by atoms with van der Waals surface area (Å²) in [6.45, 7) is 8.44. The Labute approximate surface area is 152 Å². The lowest BCUT2D eigenvalue weighted by atomic mass is 10.2. The number of rotatable bonds is 3. The Morgan fingerprint density at radius 3 is 2.62 bits per heavy atom. The van der Waals surface area contributed by atoms with E-state index in [2.05, 4.69) is 26.9 Å². The van der Waals surface area contributed by atoms with Gasteiger partial charge in [0, 0.05) is 44.1 Å². The molecule has 0 N–H and O–H groups in total. The molecular weight excluding hydrogens is 328 g/mol. The molecule has 0 saturated carbocycles. The Balaban J connectivity index is 1.63. The van der Waals surface area contributed by atoms with E-state index < -0.39 is 0 Å². The van der Waals surface area contributed by atoms with Crippen molar-refractivity contribution in [1.29, 1.82) is 0 Å². The minimum Gasteiger partial charge on any atom is -0.335 e. The molecule has 1 aliphatic heterocycles. The lowest BCUT2D eigenvalue weighted by Gasteiger charge is -2.33. The van der Waals surface area contributed by atoms with Crippen LogP contribution in [0.4, 0.5) is 0 Å². The predicted octanol–water partition coefficient (Wildman–Crippen LogP) is 1.88. The summed E-state index contributed by atoms with van der Waals surface area (Å²) < 4.78 is 1.76. The largest absolute Gasteiger partial charge is 0.335 e. The third kappa shape index (κ3) is 3.06. The number of aromatic nitrogens is 4. The average Bonchev–Trinajstić information content (AvgIpc) is 3.13. The second-order valence-electron chi connectivity index (χ2n) is 6.52. The summed E-state index contributed by atoms with van der Waals surface area (Å²) >= 11 is 0. The summed E-state index contributed by atoms with van der Waals surface area (Å²) in [4.78, 5) is 26.0. The van der Waals surface area contributed by atoms with Crippen molar-refractivity contribution >= 4 is 11.6 Å². The fourth-order valence-electron chi connectivity index (χ4n) is 3.30. The van der Waals surface area contributed by atoms with Gasteiger partial charge in [-0.3, -0.25) is 9.78 Å². The van der Waals surface area contributed by atoms with Gasteiger partial charge >= 0.3 is 0 Å². The van der Waals surface area contributed by atoms with Crippen LogP contribution < -0.4 is 0 Å². The van der Waals surface area contributed by atoms with Crippen molar-refractivity contribution in [2.24, 2.45) is 0 Å². The topological polar surface area (TPSA) is 66.6 Å². The average molecular weight is 350 g/mol. The van der Waals surface area contributed by atoms with Crippen LogP contribution in [0, 0.1) is 6.92 Å². The van der Waals surface area contributed by atoms with Crippen LogP contribution in [0.5, 0.6) is 0 Å². The maximum Gasteiger partial charge on any atom is 0.272 e. The van der Waals surface area contributed by atoms with Crippen LogP contribution in [0.25, 0.3) is 17.0 Å². The van der Waals surface area contributed by atoms with Gasteiger partial charge in [-0.1, -0.05) is 13.0 Å². The van der Waals surface area contributed by atoms with Crippen molar-refractivity contribution in [2.75, 3.05) is 32.7 Å². The molecule has 26 heavy (non-hydrogen) atoms. The SMILES string of the molecule is CCN1CCN(C(=O)c2cc(C)n3nc(-c4ccccn4)cc3n2)CC1. The molecule has 1 fully saturated rings. The van der Waals surface area contributed by atoms with Crippen molar-refractivity contribution < 1.29 is 4.79 Å². The zero-order valence-electron chi connectivity index (χ0n) is 15.1. The normalized spacial score (nSPS) is 15.5. The molecule has 0 aromatic carbocycles. The van der Waals surface area contributed by atoms with E-state index in [-0.39, 0.29) is 5.91 Å². The molecule has 7 nitrogen and oxygen atoms in total. The summed E-state index contributed by atoms with van der Waals surface area (Å²) in [5, 5.41) is 4.58. The van der Waals surface area contributed by atoms with E-state index in [1.165, 1.54) is 0 Å². The van der Waals surface area contributed by atoms with E-state index in [4.69, 9.17) is 0 Å². The summed E-state index contributed by atoms with van der Waals surface area (Å²) in [5.74, 6) is -0.00746. The predicted molar refractivity (Wildman–Crippen MR) is 99.0 cm³/mol. The highest BCUT2D eigenvalue weighted by molar-refractivity contribution is 5.93. The Hall–Kier alpha value is -2.80. The molecule has 0 unspecified atom stereocenters. The molecule has 1 amide bonds. The molecule has 0 bridgehead atoms. The van der Waals surface area contributed by atoms with Crippen molar-refractivity contribution in [2.45, 2.75) is 13.8 Å². The third-order valence-corrected chi connectivity index (χ3v) is 4.86. The van der Waals surface area contributed by atoms with Gasteiger partial charge in [-0.15, -0.1) is 0 Å². The van der Waals surface area contributed by atoms with Crippen molar-refractivity contribution in [3.05, 3.63) is 47.9 Å². The summed E-state index contributed by atoms with van der Waals surface area (Å²) in [6, 6.07) is 9.41. The van der Waals surface area contributed by atoms with Gasteiger partial charge in [-0.25, -0.2) is 9.50 Å². The van der Waals surface area contributed by atoms with Gasteiger partial charge in [0.25, 0.3) is 5.91 Å². The highest BCUT2D eigenvalue weighted by Gasteiger charge is 2.23. The first-order valence-electron chi connectivity index (χ1n) is 8.96. The Kier molecular flexibility index (Phi) is 4.38. The van der Waals surface area contributed by atoms with Gasteiger partial charge in [-0.05, 0) is 31.7 Å². The fourth-order valence-corrected chi connectivity index (χ4v) is 3.30. The lowest BCUT2D eigenvalue weighted by Crippen LogP contribution is -2.48. The van der Waals surface area contributed by atoms with E-state index in [9.17, 15) is 4.79 Å². The molecule has 3 aromatic heterocycles. The maximum absolute atomic E-state index is 12.9. The zero-order chi connectivity index (χ0) is 18.1. The van der Waals surface area contributed by atoms with Gasteiger partial charge in [0.05, 0.1) is 5.69 Å². The summed E-state index contributed by atoms with van der Waals surface area (Å²) in [7, 11) is 0. The van der Waals surface area contributed by atoms with Crippen LogP contribution >= 0.6 is 0 Å². The maximum atomic E-state index is 12.9. The molecule has 7 heteroatoms. The third-order valence-electron chi connectivity index (χ3n) is 4.86. The van der Waals surface area contributed by atoms with Gasteiger partial charge in [-0.2, -0.15) is 5.10 Å². The van der Waals surface area contributed by atoms with E-state index in [0.717, 1.165) is 49.8 Å². The first-order valence-corrected chi connectivity index (χ1v) is 8.96. The molecule has 0 spiro atoms. The van der Waals surface area contributed by atoms with Gasteiger partial charge in [0.2, 0.25) is 0 Å². The smallest absolute Gasteiger partial charge is 0.272 e. The van der Waals surface area contributed by atoms with Crippen LogP contribution in [0.2, 0.25) is 0 Å². The van der Waals surface area contributed by atoms with Gasteiger partial charge in [0.1, 0.15) is 11.4 Å². The fraction of sp³-hybridized carbons (Fsp3) is 0.368. The second-order valence-corrected chi connectivity index (χ2v) is 6.52. The number of carbonyl (C=O) groups is 1. The molecular formula is C19H22N6O. The quantitative estimate of drug-likeness (QED) is 0.721. The van der Waals surface area contributed by atoms with Gasteiger partial charge < -0.3 is 9.80 Å². The van der Waals surface area contributed by atoms with Crippen molar-refractivity contribution in [1.82, 2.24) is 29.4 Å². The number of hydrogen-bond donors (Lipinski definition) is 0. The molecule has 0 atom stereocenters. The Bertz CT molecular complexity index is 928. The molecule has 4 heterocycles. The number of amides is 1. The van der Waals surface area contributed by atoms with Gasteiger partial charge in [0.15, 0.2) is 5.65 Å². The zero-order valence-corrected chi connectivity index (χ0v) is 15.1. The number of likely N-dealkylation sites (N-methyl/N-ethyl adjacent to an activating group) is 1. The minimum absolute atomic E-state index is 0.00746. The van der Waals surface area contributed by atoms with Crippen LogP contribution in [-0.2, 0) is 0 Å². The first kappa shape index (κ1) is 16.7. The van der Waals surface area contributed by atoms with E-state index in [0.29, 0.717) is 11.3 Å². The monoisotopic (exact) mass is 350 g/mol. The molecule has 0 radical (unpaired) electrons. The number of hydrogen-bond acceptors (Lipinski definition) is 5. The van der Waals surface area contributed by atoms with Crippen LogP contribution in [0.15, 0.2) is 36.5 Å². The standard InChI is InChI=1S/C19H22N6O/c1-3-23-8-10-24(11-9-23)19(26)17-12-14(2)25-18(21-17)13-16(22-25)15-6-4-5-7-20-15/h4-7,12-13H,3,8-11H2,1-2H3. The summed E-state index contributed by atoms with van der Waals surface area (Å²) in [5.41, 5.74) is 3.57. The van der Waals surface area contributed by atoms with Crippen LogP contribution in [-0.4, -0.2) is 68.0 Å². The van der Waals surface area contributed by atoms with E-state index in [1.807, 2.05) is 42.2 Å². The van der Waals surface area contributed by atoms with Crippen LogP contribution in [0.1, 0.15) is 23.1 Å². The number of pyridine rings is 1. The number of carbonyl (C=O) groups excluding carboxylic acids is 1. The van der Waals surface area contributed by atoms with Crippen molar-refractivity contribution in [3.63, 3.8) is 0 Å². The summed E-state index contributed by atoms with van der Waals surface area (Å²) in [6.07, 6.45) is 1.74. The second kappa shape index (κ2) is 6.84. The molecule has 0 aliphatic carbocycles. The molecule has 1 aliphatic rings. The first-order chi connectivity index (χ1) is 12.7. The molecule has 1 saturated heterocycles. The minimum atomic E-state index is -0.00746. The molecule has 4 rings (SSSR count). The Morgan fingerprint density at radius 1 is 1.12 bits per heavy atom. The molecule has 3 aromatic rings. The highest BCUT2D eigenvalue weighted by atomic mass is 16.2. The number of fused-ring (bicyclic) bond motifs is 1. The van der Waals surface area contributed by atoms with Crippen LogP contribution in [0.3, 0.4) is 0 Å². The Morgan fingerprint density at radius 2 is 1.92 bits per heavy atom. The number of piperazine rings is 1. The number of nitrogens with zero attached hydrogens (tertiary/aromatic N) is 6. The molecule has 134 valence electrons. The van der Waals surface area contributed by atoms with E-state index in [1.54, 1.807) is 10.7 Å². The lowest BCUT2D eigenvalue weighted by molar-refractivity contribution is 0.0637. The highest BCUT2D eigenvalue weighted by Crippen LogP contribution is 2.18. The van der Waals surface area contributed by atoms with E-state index >= 15 is 0 Å². The van der Waals surface area contributed by atoms with Crippen molar-refractivity contribution in [3.8, 4) is 11.4 Å².